The van der Waals surface area contributed by atoms with Gasteiger partial charge in [0.05, 0.1) is 0 Å². The van der Waals surface area contributed by atoms with Gasteiger partial charge in [-0.05, 0) is 0 Å². The molecule has 0 heterocycles. The van der Waals surface area contributed by atoms with Gasteiger partial charge in [-0.1, -0.05) is 104 Å². The van der Waals surface area contributed by atoms with E-state index in [9.17, 15) is 0 Å². The first-order valence-electron chi connectivity index (χ1n) is 3.82. The Morgan fingerprint density at radius 3 is 0.941 bits per heavy atom. The van der Waals surface area contributed by atoms with E-state index < -0.39 is 16.9 Å². The second-order valence-corrected chi connectivity index (χ2v) is 10.1. The quantitative estimate of drug-likeness (QED) is 0.499. The monoisotopic (exact) mass is 422 g/mol. The van der Waals surface area contributed by atoms with E-state index in [1.54, 1.807) is 14.1 Å². The number of rotatable bonds is 2. The zero-order chi connectivity index (χ0) is 14.3. The Kier molecular flexibility index (Phi) is 7.02. The SMILES string of the molecule is CN(C)NC(C(Cl)(Cl)Cl)(C(Cl)(Cl)Cl)C(Cl)(Cl)Cl. The fourth-order valence-corrected chi connectivity index (χ4v) is 5.25. The second-order valence-electron chi connectivity index (χ2n) is 3.25. The highest BCUT2D eigenvalue weighted by atomic mass is 35.6. The summed E-state index contributed by atoms with van der Waals surface area (Å²) in [4.78, 5) is 0. The number of hydrazine groups is 1. The van der Waals surface area contributed by atoms with Crippen LogP contribution in [0.2, 0.25) is 0 Å². The molecule has 0 aliphatic rings. The highest BCUT2D eigenvalue weighted by molar-refractivity contribution is 6.78. The summed E-state index contributed by atoms with van der Waals surface area (Å²) in [6, 6.07) is 0. The van der Waals surface area contributed by atoms with Crippen LogP contribution in [0, 0.1) is 0 Å². The molecule has 0 atom stereocenters. The van der Waals surface area contributed by atoms with Gasteiger partial charge >= 0.3 is 0 Å². The number of alkyl halides is 9. The molecule has 2 nitrogen and oxygen atoms in total. The molecule has 0 bridgehead atoms. The molecule has 0 radical (unpaired) electrons. The Balaban J connectivity index is 5.93. The standard InChI is InChI=1S/C6H7Cl9N2/c1-17(2)16-3(4(7,8)9,5(10,11)12)6(13,14)15/h16H,1-2H3. The number of nitrogens with zero attached hydrogens (tertiary/aromatic N) is 1. The minimum absolute atomic E-state index is 1.34. The largest absolute Gasteiger partial charge is 0.250 e. The van der Waals surface area contributed by atoms with E-state index in [4.69, 9.17) is 104 Å². The van der Waals surface area contributed by atoms with Gasteiger partial charge in [0.1, 0.15) is 0 Å². The van der Waals surface area contributed by atoms with Crippen LogP contribution in [0.3, 0.4) is 0 Å². The van der Waals surface area contributed by atoms with Crippen LogP contribution in [-0.2, 0) is 0 Å². The average molecular weight is 426 g/mol. The van der Waals surface area contributed by atoms with Gasteiger partial charge in [0.2, 0.25) is 11.4 Å². The van der Waals surface area contributed by atoms with Crippen molar-refractivity contribution in [2.45, 2.75) is 16.9 Å². The smallest absolute Gasteiger partial charge is 0.218 e. The normalized spacial score (nSPS) is 15.5. The molecule has 0 aliphatic heterocycles. The predicted molar refractivity (Wildman–Crippen MR) is 80.4 cm³/mol. The number of hydrogen-bond donors (Lipinski definition) is 1. The summed E-state index contributed by atoms with van der Waals surface area (Å²) in [5, 5.41) is 1.34. The highest BCUT2D eigenvalue weighted by Gasteiger charge is 2.71. The molecule has 0 aromatic carbocycles. The molecule has 0 saturated heterocycles. The predicted octanol–water partition coefficient (Wildman–Crippen LogP) is 4.90. The third kappa shape index (κ3) is 4.25. The fraction of sp³-hybridized carbons (Fsp3) is 1.00. The third-order valence-corrected chi connectivity index (χ3v) is 4.22. The number of nitrogens with one attached hydrogen (secondary N) is 1. The Hall–Kier alpha value is 2.53. The summed E-state index contributed by atoms with van der Waals surface area (Å²) in [6.45, 7) is 0. The van der Waals surface area contributed by atoms with Gasteiger partial charge in [-0.15, -0.1) is 0 Å². The van der Waals surface area contributed by atoms with Gasteiger partial charge in [0.25, 0.3) is 0 Å². The molecule has 104 valence electrons. The summed E-state index contributed by atoms with van der Waals surface area (Å²) in [5.74, 6) is 0. The summed E-state index contributed by atoms with van der Waals surface area (Å²) in [5.41, 5.74) is 0.458. The summed E-state index contributed by atoms with van der Waals surface area (Å²) < 4.78 is -6.64. The van der Waals surface area contributed by atoms with E-state index in [1.165, 1.54) is 5.01 Å². The summed E-state index contributed by atoms with van der Waals surface area (Å²) >= 11 is 52.2. The molecular weight excluding hydrogens is 419 g/mol. The van der Waals surface area contributed by atoms with Crippen LogP contribution in [0.4, 0.5) is 0 Å². The van der Waals surface area contributed by atoms with Gasteiger partial charge in [0, 0.05) is 14.1 Å². The highest BCUT2D eigenvalue weighted by Crippen LogP contribution is 2.60. The first kappa shape index (κ1) is 19.5. The van der Waals surface area contributed by atoms with E-state index >= 15 is 0 Å². The van der Waals surface area contributed by atoms with Crippen molar-refractivity contribution in [1.29, 1.82) is 0 Å². The topological polar surface area (TPSA) is 15.3 Å². The number of halogens is 9. The van der Waals surface area contributed by atoms with Crippen molar-refractivity contribution in [3.63, 3.8) is 0 Å². The van der Waals surface area contributed by atoms with Gasteiger partial charge in [-0.3, -0.25) is 0 Å². The van der Waals surface area contributed by atoms with Crippen molar-refractivity contribution in [1.82, 2.24) is 10.4 Å². The van der Waals surface area contributed by atoms with E-state index in [-0.39, 0.29) is 0 Å². The van der Waals surface area contributed by atoms with E-state index in [2.05, 4.69) is 5.43 Å². The van der Waals surface area contributed by atoms with Crippen molar-refractivity contribution < 1.29 is 0 Å². The lowest BCUT2D eigenvalue weighted by atomic mass is 10.1. The summed E-state index contributed by atoms with van der Waals surface area (Å²) in [6.07, 6.45) is 0. The van der Waals surface area contributed by atoms with Crippen LogP contribution in [0.25, 0.3) is 0 Å². The zero-order valence-corrected chi connectivity index (χ0v) is 15.2. The molecule has 0 aromatic heterocycles. The van der Waals surface area contributed by atoms with Crippen molar-refractivity contribution in [3.05, 3.63) is 0 Å². The molecule has 17 heavy (non-hydrogen) atoms. The van der Waals surface area contributed by atoms with Crippen molar-refractivity contribution >= 4 is 104 Å². The lowest BCUT2D eigenvalue weighted by Gasteiger charge is -2.50. The van der Waals surface area contributed by atoms with Crippen molar-refractivity contribution in [2.75, 3.05) is 14.1 Å². The molecule has 0 aromatic rings. The third-order valence-electron chi connectivity index (χ3n) is 1.67. The van der Waals surface area contributed by atoms with Crippen LogP contribution in [0.15, 0.2) is 0 Å². The van der Waals surface area contributed by atoms with Crippen LogP contribution < -0.4 is 5.43 Å². The Labute approximate surface area is 145 Å². The first-order chi connectivity index (χ1) is 7.17. The minimum Gasteiger partial charge on any atom is -0.250 e. The lowest BCUT2D eigenvalue weighted by Crippen LogP contribution is -2.73. The van der Waals surface area contributed by atoms with Crippen LogP contribution in [0.1, 0.15) is 0 Å². The molecule has 0 unspecified atom stereocenters. The molecule has 11 heteroatoms. The maximum atomic E-state index is 5.80. The van der Waals surface area contributed by atoms with Gasteiger partial charge in [-0.2, -0.15) is 0 Å². The second kappa shape index (κ2) is 6.11. The number of hydrogen-bond acceptors (Lipinski definition) is 2. The lowest BCUT2D eigenvalue weighted by molar-refractivity contribution is 0.162. The molecule has 0 rings (SSSR count). The van der Waals surface area contributed by atoms with Crippen LogP contribution in [-0.4, -0.2) is 36.0 Å². The minimum atomic E-state index is -2.21. The molecule has 0 spiro atoms. The van der Waals surface area contributed by atoms with E-state index in [0.29, 0.717) is 0 Å². The zero-order valence-electron chi connectivity index (χ0n) is 8.35. The Bertz CT molecular complexity index is 224. The van der Waals surface area contributed by atoms with Gasteiger partial charge in [0.15, 0.2) is 5.54 Å². The Morgan fingerprint density at radius 2 is 0.882 bits per heavy atom. The van der Waals surface area contributed by atoms with Crippen molar-refractivity contribution in [2.24, 2.45) is 0 Å². The first-order valence-corrected chi connectivity index (χ1v) is 7.22. The molecule has 0 aliphatic carbocycles. The maximum Gasteiger partial charge on any atom is 0.218 e. The molecule has 0 fully saturated rings. The van der Waals surface area contributed by atoms with E-state index in [0.717, 1.165) is 0 Å². The van der Waals surface area contributed by atoms with Gasteiger partial charge in [-0.25, -0.2) is 10.4 Å². The van der Waals surface area contributed by atoms with E-state index in [1.807, 2.05) is 0 Å². The van der Waals surface area contributed by atoms with Crippen LogP contribution in [0.5, 0.6) is 0 Å². The summed E-state index contributed by atoms with van der Waals surface area (Å²) in [7, 11) is 3.11. The Morgan fingerprint density at radius 1 is 0.647 bits per heavy atom. The van der Waals surface area contributed by atoms with Crippen molar-refractivity contribution in [3.8, 4) is 0 Å². The molecule has 0 amide bonds. The van der Waals surface area contributed by atoms with Gasteiger partial charge < -0.3 is 0 Å². The molecular formula is C6H7Cl9N2. The fourth-order valence-electron chi connectivity index (χ4n) is 1.01. The molecule has 1 N–H and O–H groups in total. The maximum absolute atomic E-state index is 5.80. The molecule has 0 saturated carbocycles. The van der Waals surface area contributed by atoms with Crippen LogP contribution >= 0.6 is 104 Å². The average Bonchev–Trinajstić information content (AvgIpc) is 1.91.